The molecule has 2 saturated heterocycles. The molecule has 6 aromatic rings. The van der Waals surface area contributed by atoms with Gasteiger partial charge in [0.05, 0.1) is 24.5 Å². The molecular weight excluding hydrogens is 1010 g/mol. The standard InChI is InChI=1S/C61H73N7O9S/c1-38(2)46-7-5-6-8-48(46)50-36-66(35-40-9-13-47(41-10-11-41)52(27-40)74-4)25-26-68(50)44-31-61(32-44)20-23-67(24-21-61)43-12-14-49(53(29-43)77-45-28-42-17-22-62-58(42)64-34-45)59(70)65-78(72,73)54-30-51(69)55(57-56(54)75-37-76-57)63-33-39-15-18-60(3,71)19-16-39/h5-9,12-14,17,22,27-30,34,38-39,41,44,50,63,69,71H,10-11,15-16,18-21,23-26,31-33,35-37H2,1-4H3,(H,62,64)(H,65,70)/t39-,50-,60-/m0/s1. The van der Waals surface area contributed by atoms with E-state index in [0.29, 0.717) is 54.7 Å². The molecule has 2 aromatic heterocycles. The van der Waals surface area contributed by atoms with Crippen molar-refractivity contribution in [1.29, 1.82) is 0 Å². The molecule has 1 atom stereocenters. The first kappa shape index (κ1) is 52.2. The highest BCUT2D eigenvalue weighted by molar-refractivity contribution is 7.90. The zero-order valence-electron chi connectivity index (χ0n) is 45.2. The van der Waals surface area contributed by atoms with E-state index in [1.807, 2.05) is 31.2 Å². The third kappa shape index (κ3) is 10.6. The van der Waals surface area contributed by atoms with Gasteiger partial charge >= 0.3 is 0 Å². The number of methoxy groups -OCH3 is 1. The number of aromatic amines is 1. The second-order valence-corrected chi connectivity index (χ2v) is 25.3. The molecule has 1 spiro atoms. The summed E-state index contributed by atoms with van der Waals surface area (Å²) in [6.07, 6.45) is 13.1. The molecule has 3 aliphatic carbocycles. The van der Waals surface area contributed by atoms with Crippen molar-refractivity contribution in [3.05, 3.63) is 119 Å². The van der Waals surface area contributed by atoms with Crippen molar-refractivity contribution in [3.63, 3.8) is 0 Å². The molecule has 3 aliphatic heterocycles. The summed E-state index contributed by atoms with van der Waals surface area (Å²) in [7, 11) is -2.85. The van der Waals surface area contributed by atoms with Gasteiger partial charge in [0, 0.05) is 87.3 Å². The molecule has 4 aromatic carbocycles. The Balaban J connectivity index is 0.741. The summed E-state index contributed by atoms with van der Waals surface area (Å²) in [4.78, 5) is 29.3. The number of amides is 1. The van der Waals surface area contributed by atoms with Crippen LogP contribution in [0.5, 0.6) is 34.5 Å². The minimum Gasteiger partial charge on any atom is -0.506 e. The van der Waals surface area contributed by atoms with Gasteiger partial charge in [-0.15, -0.1) is 0 Å². The highest BCUT2D eigenvalue weighted by atomic mass is 32.2. The normalized spacial score (nSPS) is 22.7. The monoisotopic (exact) mass is 1080 g/mol. The van der Waals surface area contributed by atoms with Gasteiger partial charge < -0.3 is 44.4 Å². The highest BCUT2D eigenvalue weighted by Crippen LogP contribution is 2.54. The fourth-order valence-electron chi connectivity index (χ4n) is 13.2. The number of aromatic nitrogens is 2. The Morgan fingerprint density at radius 2 is 1.68 bits per heavy atom. The summed E-state index contributed by atoms with van der Waals surface area (Å²) in [5, 5.41) is 25.7. The number of hydrogen-bond donors (Lipinski definition) is 5. The maximum absolute atomic E-state index is 14.3. The Kier molecular flexibility index (Phi) is 14.0. The molecule has 16 nitrogen and oxygen atoms in total. The van der Waals surface area contributed by atoms with Gasteiger partial charge in [-0.3, -0.25) is 14.6 Å². The van der Waals surface area contributed by atoms with E-state index in [4.69, 9.17) is 18.9 Å². The van der Waals surface area contributed by atoms with Gasteiger partial charge in [0.15, 0.2) is 11.5 Å². The highest BCUT2D eigenvalue weighted by Gasteiger charge is 2.50. The predicted octanol–water partition coefficient (Wildman–Crippen LogP) is 10.6. The van der Waals surface area contributed by atoms with Crippen molar-refractivity contribution in [2.75, 3.05) is 63.4 Å². The summed E-state index contributed by atoms with van der Waals surface area (Å²) in [5.41, 5.74) is 6.81. The number of nitrogens with one attached hydrogen (secondary N) is 3. The van der Waals surface area contributed by atoms with Crippen LogP contribution < -0.4 is 33.9 Å². The lowest BCUT2D eigenvalue weighted by molar-refractivity contribution is -0.0628. The zero-order valence-corrected chi connectivity index (χ0v) is 46.0. The Morgan fingerprint density at radius 1 is 0.897 bits per heavy atom. The van der Waals surface area contributed by atoms with Crippen molar-refractivity contribution < 1.29 is 42.4 Å². The summed E-state index contributed by atoms with van der Waals surface area (Å²) in [6.45, 7) is 12.2. The zero-order chi connectivity index (χ0) is 53.9. The van der Waals surface area contributed by atoms with Crippen molar-refractivity contribution in [1.82, 2.24) is 24.5 Å². The van der Waals surface area contributed by atoms with E-state index in [1.165, 1.54) is 35.1 Å². The number of phenols is 1. The molecule has 3 saturated carbocycles. The number of aromatic hydroxyl groups is 1. The number of nitrogens with zero attached hydrogens (tertiary/aromatic N) is 4. The van der Waals surface area contributed by atoms with Crippen LogP contribution in [0.25, 0.3) is 11.0 Å². The van der Waals surface area contributed by atoms with E-state index in [1.54, 1.807) is 25.6 Å². The Hall–Kier alpha value is -6.53. The van der Waals surface area contributed by atoms with Crippen molar-refractivity contribution in [2.24, 2.45) is 11.3 Å². The lowest BCUT2D eigenvalue weighted by atomic mass is 9.59. The molecule has 0 unspecified atom stereocenters. The number of benzene rings is 4. The number of piperidine rings is 1. The topological polar surface area (TPSA) is 191 Å². The minimum absolute atomic E-state index is 0.00510. The Bertz CT molecular complexity index is 3310. The number of H-pyrrole nitrogens is 1. The van der Waals surface area contributed by atoms with Crippen LogP contribution in [0.2, 0.25) is 0 Å². The number of aliphatic hydroxyl groups is 1. The first-order valence-corrected chi connectivity index (χ1v) is 29.5. The average Bonchev–Trinajstić information content (AvgIpc) is 4.08. The first-order chi connectivity index (χ1) is 37.6. The van der Waals surface area contributed by atoms with E-state index in [9.17, 15) is 23.4 Å². The summed E-state index contributed by atoms with van der Waals surface area (Å²) >= 11 is 0. The SMILES string of the molecule is COc1cc(CN2CCN(C3CC4(CCN(c5ccc(C(=O)NS(=O)(=O)c6cc(O)c(NC[C@H]7CC[C@](C)(O)CC7)c7c6OCO7)c(Oc6cnc7[nH]ccc7c6)c5)CC4)C3)[C@H](c3ccccc3C(C)C)C2)ccc1C1CC1. The number of anilines is 2. The van der Waals surface area contributed by atoms with Gasteiger partial charge in [0.1, 0.15) is 39.2 Å². The average molecular weight is 1080 g/mol. The van der Waals surface area contributed by atoms with Crippen molar-refractivity contribution in [2.45, 2.75) is 126 Å². The van der Waals surface area contributed by atoms with Crippen LogP contribution in [0.4, 0.5) is 11.4 Å². The van der Waals surface area contributed by atoms with Crippen LogP contribution in [-0.4, -0.2) is 109 Å². The molecule has 412 valence electrons. The number of sulfonamides is 1. The van der Waals surface area contributed by atoms with E-state index in [0.717, 1.165) is 101 Å². The van der Waals surface area contributed by atoms with Crippen LogP contribution >= 0.6 is 0 Å². The van der Waals surface area contributed by atoms with Crippen LogP contribution in [0, 0.1) is 11.3 Å². The number of fused-ring (bicyclic) bond motifs is 2. The molecule has 5 heterocycles. The van der Waals surface area contributed by atoms with Gasteiger partial charge in [0.2, 0.25) is 6.79 Å². The Labute approximate surface area is 457 Å². The number of carbonyl (C=O) groups excluding carboxylic acids is 1. The molecular formula is C61H73N7O9S. The fraction of sp³-hybridized carbons (Fsp3) is 0.475. The number of pyridine rings is 1. The number of phenolic OH excluding ortho intramolecular Hbond substituents is 1. The molecule has 0 radical (unpaired) electrons. The quantitative estimate of drug-likeness (QED) is 0.0575. The third-order valence-electron chi connectivity index (χ3n) is 17.9. The van der Waals surface area contributed by atoms with Crippen LogP contribution in [0.1, 0.15) is 135 Å². The van der Waals surface area contributed by atoms with E-state index in [2.05, 4.69) is 91.0 Å². The number of carbonyl (C=O) groups is 1. The van der Waals surface area contributed by atoms with Gasteiger partial charge in [0.25, 0.3) is 15.9 Å². The van der Waals surface area contributed by atoms with E-state index in [-0.39, 0.29) is 52.4 Å². The molecule has 17 heteroatoms. The molecule has 0 bridgehead atoms. The van der Waals surface area contributed by atoms with Gasteiger partial charge in [-0.2, -0.15) is 0 Å². The van der Waals surface area contributed by atoms with Crippen LogP contribution in [-0.2, 0) is 16.6 Å². The molecule has 6 aliphatic rings. The molecule has 5 N–H and O–H groups in total. The van der Waals surface area contributed by atoms with Gasteiger partial charge in [-0.05, 0) is 147 Å². The van der Waals surface area contributed by atoms with Crippen LogP contribution in [0.15, 0.2) is 96.2 Å². The number of piperazine rings is 1. The van der Waals surface area contributed by atoms with E-state index >= 15 is 0 Å². The lowest BCUT2D eigenvalue weighted by Crippen LogP contribution is -2.60. The number of ether oxygens (including phenoxy) is 4. The van der Waals surface area contributed by atoms with Gasteiger partial charge in [-0.1, -0.05) is 50.2 Å². The maximum atomic E-state index is 14.3. The minimum atomic E-state index is -4.64. The summed E-state index contributed by atoms with van der Waals surface area (Å²) in [6, 6.07) is 26.8. The number of rotatable bonds is 16. The largest absolute Gasteiger partial charge is 0.506 e. The second kappa shape index (κ2) is 20.9. The molecule has 12 rings (SSSR count). The third-order valence-corrected chi connectivity index (χ3v) is 19.2. The summed E-state index contributed by atoms with van der Waals surface area (Å²) in [5.74, 6) is 1.51. The molecule has 5 fully saturated rings. The van der Waals surface area contributed by atoms with Crippen molar-refractivity contribution >= 4 is 38.3 Å². The summed E-state index contributed by atoms with van der Waals surface area (Å²) < 4.78 is 54.4. The first-order valence-electron chi connectivity index (χ1n) is 28.0. The Morgan fingerprint density at radius 3 is 2.45 bits per heavy atom. The predicted molar refractivity (Wildman–Crippen MR) is 300 cm³/mol. The van der Waals surface area contributed by atoms with E-state index < -0.39 is 26.4 Å². The maximum Gasteiger partial charge on any atom is 0.268 e. The lowest BCUT2D eigenvalue weighted by Gasteiger charge is -2.58. The van der Waals surface area contributed by atoms with Crippen molar-refractivity contribution in [3.8, 4) is 34.5 Å². The van der Waals surface area contributed by atoms with Crippen LogP contribution in [0.3, 0.4) is 0 Å². The molecule has 1 amide bonds. The van der Waals surface area contributed by atoms with Gasteiger partial charge in [-0.25, -0.2) is 18.1 Å². The fourth-order valence-corrected chi connectivity index (χ4v) is 14.3. The number of hydrogen-bond acceptors (Lipinski definition) is 14. The smallest absolute Gasteiger partial charge is 0.268 e. The second-order valence-electron chi connectivity index (χ2n) is 23.6. The molecule has 78 heavy (non-hydrogen) atoms.